The average molecular weight is 320 g/mol. The fourth-order valence-corrected chi connectivity index (χ4v) is 2.05. The van der Waals surface area contributed by atoms with Crippen LogP contribution in [0, 0.1) is 11.6 Å². The Bertz CT molecular complexity index is 686. The van der Waals surface area contributed by atoms with Gasteiger partial charge in [0.05, 0.1) is 17.5 Å². The van der Waals surface area contributed by atoms with E-state index in [0.717, 1.165) is 25.3 Å². The van der Waals surface area contributed by atoms with E-state index >= 15 is 0 Å². The SMILES string of the molecule is CC(O)CCCC=Cc1ccc(-c2ccc(O)c(F)c2F)nn1. The van der Waals surface area contributed by atoms with Crippen LogP contribution in [0.25, 0.3) is 17.3 Å². The third kappa shape index (κ3) is 4.56. The molecule has 0 aliphatic rings. The molecule has 2 rings (SSSR count). The molecule has 0 spiro atoms. The summed E-state index contributed by atoms with van der Waals surface area (Å²) in [6, 6.07) is 5.52. The Balaban J connectivity index is 2.05. The molecule has 122 valence electrons. The molecular formula is C17H18F2N2O2. The molecule has 0 saturated carbocycles. The average Bonchev–Trinajstić information content (AvgIpc) is 2.53. The number of phenolic OH excluding ortho intramolecular Hbond substituents is 1. The molecule has 0 bridgehead atoms. The van der Waals surface area contributed by atoms with Crippen molar-refractivity contribution < 1.29 is 19.0 Å². The molecule has 1 unspecified atom stereocenters. The van der Waals surface area contributed by atoms with Crippen LogP contribution in [0.1, 0.15) is 31.9 Å². The summed E-state index contributed by atoms with van der Waals surface area (Å²) in [5.74, 6) is -3.19. The number of aromatic nitrogens is 2. The molecule has 0 aliphatic heterocycles. The number of hydrogen-bond acceptors (Lipinski definition) is 4. The van der Waals surface area contributed by atoms with Gasteiger partial charge in [-0.3, -0.25) is 0 Å². The number of halogens is 2. The zero-order valence-corrected chi connectivity index (χ0v) is 12.7. The summed E-state index contributed by atoms with van der Waals surface area (Å²) >= 11 is 0. The quantitative estimate of drug-likeness (QED) is 0.797. The minimum absolute atomic E-state index is 0.0553. The van der Waals surface area contributed by atoms with Crippen LogP contribution >= 0.6 is 0 Å². The van der Waals surface area contributed by atoms with E-state index in [1.54, 1.807) is 19.1 Å². The van der Waals surface area contributed by atoms with Crippen LogP contribution in [0.4, 0.5) is 8.78 Å². The monoisotopic (exact) mass is 320 g/mol. The molecule has 6 heteroatoms. The number of hydrogen-bond donors (Lipinski definition) is 2. The summed E-state index contributed by atoms with van der Waals surface area (Å²) in [5.41, 5.74) is 0.735. The molecule has 1 heterocycles. The third-order valence-corrected chi connectivity index (χ3v) is 3.30. The Morgan fingerprint density at radius 3 is 2.57 bits per heavy atom. The summed E-state index contributed by atoms with van der Waals surface area (Å²) in [6.07, 6.45) is 5.83. The largest absolute Gasteiger partial charge is 0.505 e. The van der Waals surface area contributed by atoms with Gasteiger partial charge in [0.2, 0.25) is 5.82 Å². The molecule has 0 radical (unpaired) electrons. The fourth-order valence-electron chi connectivity index (χ4n) is 2.05. The van der Waals surface area contributed by atoms with Crippen LogP contribution in [0.15, 0.2) is 30.3 Å². The van der Waals surface area contributed by atoms with Crippen LogP contribution in [0.5, 0.6) is 5.75 Å². The second kappa shape index (κ2) is 7.78. The van der Waals surface area contributed by atoms with Crippen molar-refractivity contribution in [1.82, 2.24) is 10.2 Å². The molecule has 1 atom stereocenters. The van der Waals surface area contributed by atoms with Crippen LogP contribution in [0.2, 0.25) is 0 Å². The van der Waals surface area contributed by atoms with Gasteiger partial charge in [-0.2, -0.15) is 9.49 Å². The molecular weight excluding hydrogens is 302 g/mol. The van der Waals surface area contributed by atoms with E-state index in [-0.39, 0.29) is 17.4 Å². The van der Waals surface area contributed by atoms with Crippen molar-refractivity contribution in [3.05, 3.63) is 47.7 Å². The first-order valence-corrected chi connectivity index (χ1v) is 7.34. The first-order chi connectivity index (χ1) is 11.0. The molecule has 4 nitrogen and oxygen atoms in total. The molecule has 23 heavy (non-hydrogen) atoms. The number of benzene rings is 1. The maximum absolute atomic E-state index is 13.8. The number of aromatic hydroxyl groups is 1. The van der Waals surface area contributed by atoms with Gasteiger partial charge >= 0.3 is 0 Å². The molecule has 2 N–H and O–H groups in total. The van der Waals surface area contributed by atoms with E-state index < -0.39 is 17.4 Å². The van der Waals surface area contributed by atoms with Gasteiger partial charge in [0, 0.05) is 5.56 Å². The van der Waals surface area contributed by atoms with Gasteiger partial charge in [-0.15, -0.1) is 5.10 Å². The van der Waals surface area contributed by atoms with E-state index in [4.69, 9.17) is 10.2 Å². The maximum Gasteiger partial charge on any atom is 0.201 e. The Morgan fingerprint density at radius 2 is 1.91 bits per heavy atom. The zero-order chi connectivity index (χ0) is 16.8. The summed E-state index contributed by atoms with van der Waals surface area (Å²) in [7, 11) is 0. The predicted octanol–water partition coefficient (Wildman–Crippen LogP) is 3.69. The highest BCUT2D eigenvalue weighted by molar-refractivity contribution is 5.61. The molecule has 2 aromatic rings. The molecule has 0 aliphatic carbocycles. The number of unbranched alkanes of at least 4 members (excludes halogenated alkanes) is 1. The minimum Gasteiger partial charge on any atom is -0.505 e. The van der Waals surface area contributed by atoms with Crippen molar-refractivity contribution >= 4 is 6.08 Å². The van der Waals surface area contributed by atoms with E-state index in [2.05, 4.69) is 10.2 Å². The van der Waals surface area contributed by atoms with Gasteiger partial charge in [0.15, 0.2) is 11.6 Å². The van der Waals surface area contributed by atoms with Crippen molar-refractivity contribution in [3.8, 4) is 17.0 Å². The standard InChI is InChI=1S/C17H18F2N2O2/c1-11(22)5-3-2-4-6-12-7-9-14(21-20-12)13-8-10-15(23)17(19)16(13)18/h4,6-11,22-23H,2-3,5H2,1H3. The summed E-state index contributed by atoms with van der Waals surface area (Å²) in [5, 5.41) is 26.1. The van der Waals surface area contributed by atoms with Crippen LogP contribution in [-0.4, -0.2) is 26.5 Å². The first-order valence-electron chi connectivity index (χ1n) is 7.34. The highest BCUT2D eigenvalue weighted by Gasteiger charge is 2.15. The van der Waals surface area contributed by atoms with E-state index in [1.807, 2.05) is 6.08 Å². The minimum atomic E-state index is -1.30. The Labute approximate surface area is 133 Å². The van der Waals surface area contributed by atoms with Gasteiger partial charge in [-0.05, 0) is 56.5 Å². The van der Waals surface area contributed by atoms with Crippen molar-refractivity contribution in [1.29, 1.82) is 0 Å². The second-order valence-corrected chi connectivity index (χ2v) is 5.29. The maximum atomic E-state index is 13.8. The fraction of sp³-hybridized carbons (Fsp3) is 0.294. The van der Waals surface area contributed by atoms with E-state index in [1.165, 1.54) is 12.1 Å². The first kappa shape index (κ1) is 17.0. The van der Waals surface area contributed by atoms with Crippen LogP contribution in [-0.2, 0) is 0 Å². The van der Waals surface area contributed by atoms with Gasteiger partial charge in [0.25, 0.3) is 0 Å². The van der Waals surface area contributed by atoms with Crippen molar-refractivity contribution in [2.75, 3.05) is 0 Å². The number of aliphatic hydroxyl groups is 1. The number of allylic oxidation sites excluding steroid dienone is 1. The van der Waals surface area contributed by atoms with Crippen molar-refractivity contribution in [3.63, 3.8) is 0 Å². The summed E-state index contributed by atoms with van der Waals surface area (Å²) in [4.78, 5) is 0. The molecule has 0 amide bonds. The molecule has 0 saturated heterocycles. The van der Waals surface area contributed by atoms with Gasteiger partial charge < -0.3 is 10.2 Å². The summed E-state index contributed by atoms with van der Waals surface area (Å²) in [6.45, 7) is 1.75. The zero-order valence-electron chi connectivity index (χ0n) is 12.7. The normalized spacial score (nSPS) is 12.7. The third-order valence-electron chi connectivity index (χ3n) is 3.30. The van der Waals surface area contributed by atoms with Crippen molar-refractivity contribution in [2.24, 2.45) is 0 Å². The van der Waals surface area contributed by atoms with Gasteiger partial charge in [-0.1, -0.05) is 6.08 Å². The van der Waals surface area contributed by atoms with E-state index in [0.29, 0.717) is 5.69 Å². The van der Waals surface area contributed by atoms with Crippen molar-refractivity contribution in [2.45, 2.75) is 32.3 Å². The number of aliphatic hydroxyl groups excluding tert-OH is 1. The Hall–Kier alpha value is -2.34. The Morgan fingerprint density at radius 1 is 1.13 bits per heavy atom. The smallest absolute Gasteiger partial charge is 0.201 e. The van der Waals surface area contributed by atoms with Crippen LogP contribution in [0.3, 0.4) is 0 Å². The lowest BCUT2D eigenvalue weighted by atomic mass is 10.1. The van der Waals surface area contributed by atoms with E-state index in [9.17, 15) is 8.78 Å². The number of phenols is 1. The van der Waals surface area contributed by atoms with Crippen LogP contribution < -0.4 is 0 Å². The Kier molecular flexibility index (Phi) is 5.76. The lowest BCUT2D eigenvalue weighted by Gasteiger charge is -2.04. The molecule has 1 aromatic heterocycles. The highest BCUT2D eigenvalue weighted by Crippen LogP contribution is 2.27. The van der Waals surface area contributed by atoms with Gasteiger partial charge in [0.1, 0.15) is 0 Å². The number of rotatable bonds is 6. The second-order valence-electron chi connectivity index (χ2n) is 5.29. The van der Waals surface area contributed by atoms with Gasteiger partial charge in [-0.25, -0.2) is 4.39 Å². The predicted molar refractivity (Wildman–Crippen MR) is 83.6 cm³/mol. The summed E-state index contributed by atoms with van der Waals surface area (Å²) < 4.78 is 27.1. The lowest BCUT2D eigenvalue weighted by Crippen LogP contribution is -1.97. The molecule has 0 fully saturated rings. The lowest BCUT2D eigenvalue weighted by molar-refractivity contribution is 0.182. The highest BCUT2D eigenvalue weighted by atomic mass is 19.2. The molecule has 1 aromatic carbocycles. The topological polar surface area (TPSA) is 66.2 Å². The number of nitrogens with zero attached hydrogens (tertiary/aromatic N) is 2.